The van der Waals surface area contributed by atoms with Gasteiger partial charge in [-0.1, -0.05) is 78.9 Å². The van der Waals surface area contributed by atoms with E-state index >= 15 is 0 Å². The summed E-state index contributed by atoms with van der Waals surface area (Å²) in [5.41, 5.74) is 2.66. The first-order valence-corrected chi connectivity index (χ1v) is 9.71. The van der Waals surface area contributed by atoms with Gasteiger partial charge in [0.15, 0.2) is 5.78 Å². The van der Waals surface area contributed by atoms with E-state index in [0.717, 1.165) is 28.0 Å². The number of rotatable bonds is 7. The zero-order valence-corrected chi connectivity index (χ0v) is 16.3. The average Bonchev–Trinajstić information content (AvgIpc) is 2.79. The highest BCUT2D eigenvalue weighted by Gasteiger charge is 2.19. The minimum absolute atomic E-state index is 0.103. The number of fused-ring (bicyclic) bond motifs is 1. The van der Waals surface area contributed by atoms with Gasteiger partial charge in [0.1, 0.15) is 5.75 Å². The number of Topliss-reactive ketones (excluding diaryl/α,β-unsaturated/α-hetero) is 1. The topological polar surface area (TPSA) is 38.3 Å². The lowest BCUT2D eigenvalue weighted by Gasteiger charge is -2.22. The van der Waals surface area contributed by atoms with Crippen molar-refractivity contribution in [3.8, 4) is 5.75 Å². The largest absolute Gasteiger partial charge is 0.495 e. The van der Waals surface area contributed by atoms with Crippen molar-refractivity contribution in [2.24, 2.45) is 0 Å². The number of ketones is 1. The van der Waals surface area contributed by atoms with E-state index in [-0.39, 0.29) is 11.8 Å². The maximum atomic E-state index is 13.0. The molecule has 1 atom stereocenters. The van der Waals surface area contributed by atoms with E-state index in [1.807, 2.05) is 66.7 Å². The molecule has 3 heteroatoms. The summed E-state index contributed by atoms with van der Waals surface area (Å²) in [6, 6.07) is 31.6. The van der Waals surface area contributed by atoms with E-state index in [2.05, 4.69) is 35.6 Å². The van der Waals surface area contributed by atoms with E-state index in [1.165, 1.54) is 5.39 Å². The van der Waals surface area contributed by atoms with Gasteiger partial charge >= 0.3 is 0 Å². The Bertz CT molecular complexity index is 1120. The third-order valence-corrected chi connectivity index (χ3v) is 5.10. The van der Waals surface area contributed by atoms with Gasteiger partial charge in [0.2, 0.25) is 0 Å². The van der Waals surface area contributed by atoms with Crippen molar-refractivity contribution in [1.82, 2.24) is 0 Å². The number of carbonyl (C=O) groups excluding carboxylic acids is 1. The summed E-state index contributed by atoms with van der Waals surface area (Å²) in [5.74, 6) is 0.858. The fourth-order valence-electron chi connectivity index (χ4n) is 3.56. The molecule has 0 aromatic heterocycles. The Morgan fingerprint density at radius 1 is 0.828 bits per heavy atom. The highest BCUT2D eigenvalue weighted by Crippen LogP contribution is 2.31. The molecule has 0 saturated heterocycles. The summed E-state index contributed by atoms with van der Waals surface area (Å²) < 4.78 is 5.49. The Morgan fingerprint density at radius 2 is 1.52 bits per heavy atom. The SMILES string of the molecule is COc1ccccc1N[C@H](CC(=O)c1ccccc1)c1ccc2ccccc2c1. The molecule has 0 unspecified atom stereocenters. The Balaban J connectivity index is 1.70. The third kappa shape index (κ3) is 4.30. The van der Waals surface area contributed by atoms with Crippen LogP contribution in [0.2, 0.25) is 0 Å². The summed E-state index contributed by atoms with van der Waals surface area (Å²) in [6.07, 6.45) is 0.348. The Morgan fingerprint density at radius 3 is 2.31 bits per heavy atom. The summed E-state index contributed by atoms with van der Waals surface area (Å²) in [6.45, 7) is 0. The van der Waals surface area contributed by atoms with Crippen LogP contribution in [0.4, 0.5) is 5.69 Å². The minimum Gasteiger partial charge on any atom is -0.495 e. The van der Waals surface area contributed by atoms with E-state index in [4.69, 9.17) is 4.74 Å². The van der Waals surface area contributed by atoms with E-state index in [0.29, 0.717) is 6.42 Å². The second kappa shape index (κ2) is 8.61. The van der Waals surface area contributed by atoms with Crippen molar-refractivity contribution in [1.29, 1.82) is 0 Å². The van der Waals surface area contributed by atoms with Crippen molar-refractivity contribution in [3.05, 3.63) is 108 Å². The van der Waals surface area contributed by atoms with Crippen LogP contribution >= 0.6 is 0 Å². The van der Waals surface area contributed by atoms with Crippen molar-refractivity contribution in [3.63, 3.8) is 0 Å². The molecule has 144 valence electrons. The maximum Gasteiger partial charge on any atom is 0.165 e. The predicted octanol–water partition coefficient (Wildman–Crippen LogP) is 6.27. The second-order valence-electron chi connectivity index (χ2n) is 7.00. The number of anilines is 1. The molecule has 0 amide bonds. The molecule has 1 N–H and O–H groups in total. The van der Waals surface area contributed by atoms with Crippen molar-refractivity contribution in [2.75, 3.05) is 12.4 Å². The number of para-hydroxylation sites is 2. The normalized spacial score (nSPS) is 11.8. The van der Waals surface area contributed by atoms with E-state index in [9.17, 15) is 4.79 Å². The lowest BCUT2D eigenvalue weighted by molar-refractivity contribution is 0.0976. The van der Waals surface area contributed by atoms with Gasteiger partial charge in [-0.05, 0) is 34.5 Å². The molecule has 4 aromatic carbocycles. The summed E-state index contributed by atoms with van der Waals surface area (Å²) in [7, 11) is 1.65. The van der Waals surface area contributed by atoms with Crippen molar-refractivity contribution < 1.29 is 9.53 Å². The van der Waals surface area contributed by atoms with E-state index < -0.39 is 0 Å². The molecule has 3 nitrogen and oxygen atoms in total. The molecule has 4 rings (SSSR count). The number of nitrogens with one attached hydrogen (secondary N) is 1. The minimum atomic E-state index is -0.177. The van der Waals surface area contributed by atoms with Gasteiger partial charge in [0.05, 0.1) is 18.8 Å². The predicted molar refractivity (Wildman–Crippen MR) is 119 cm³/mol. The molecule has 0 fully saturated rings. The van der Waals surface area contributed by atoms with Crippen LogP contribution in [0.25, 0.3) is 10.8 Å². The molecule has 0 saturated carbocycles. The Hall–Kier alpha value is -3.59. The maximum absolute atomic E-state index is 13.0. The van der Waals surface area contributed by atoms with Crippen LogP contribution in [0.5, 0.6) is 5.75 Å². The van der Waals surface area contributed by atoms with Gasteiger partial charge in [-0.25, -0.2) is 0 Å². The van der Waals surface area contributed by atoms with Gasteiger partial charge in [-0.15, -0.1) is 0 Å². The molecule has 0 aliphatic carbocycles. The van der Waals surface area contributed by atoms with Crippen LogP contribution in [-0.4, -0.2) is 12.9 Å². The molecule has 4 aromatic rings. The standard InChI is InChI=1S/C26H23NO2/c1-29-26-14-8-7-13-23(26)27-24(18-25(28)20-10-3-2-4-11-20)22-16-15-19-9-5-6-12-21(19)17-22/h2-17,24,27H,18H2,1H3/t24-/m1/s1. The number of ether oxygens (including phenoxy) is 1. The zero-order chi connectivity index (χ0) is 20.1. The lowest BCUT2D eigenvalue weighted by atomic mass is 9.95. The second-order valence-corrected chi connectivity index (χ2v) is 7.00. The monoisotopic (exact) mass is 381 g/mol. The quantitative estimate of drug-likeness (QED) is 0.383. The summed E-state index contributed by atoms with van der Waals surface area (Å²) in [5, 5.41) is 5.87. The van der Waals surface area contributed by atoms with Crippen LogP contribution in [0.3, 0.4) is 0 Å². The molecular formula is C26H23NO2. The molecule has 0 spiro atoms. The smallest absolute Gasteiger partial charge is 0.165 e. The first-order valence-electron chi connectivity index (χ1n) is 9.71. The first kappa shape index (κ1) is 18.8. The van der Waals surface area contributed by atoms with Crippen LogP contribution in [0.1, 0.15) is 28.4 Å². The Kier molecular flexibility index (Phi) is 5.57. The first-order chi connectivity index (χ1) is 14.2. The lowest BCUT2D eigenvalue weighted by Crippen LogP contribution is -2.16. The molecular weight excluding hydrogens is 358 g/mol. The molecule has 0 bridgehead atoms. The zero-order valence-electron chi connectivity index (χ0n) is 16.3. The average molecular weight is 381 g/mol. The number of hydrogen-bond donors (Lipinski definition) is 1. The van der Waals surface area contributed by atoms with Gasteiger partial charge < -0.3 is 10.1 Å². The van der Waals surface area contributed by atoms with Crippen LogP contribution in [0.15, 0.2) is 97.1 Å². The molecule has 0 radical (unpaired) electrons. The van der Waals surface area contributed by atoms with Crippen molar-refractivity contribution in [2.45, 2.75) is 12.5 Å². The summed E-state index contributed by atoms with van der Waals surface area (Å²) in [4.78, 5) is 13.0. The fraction of sp³-hybridized carbons (Fsp3) is 0.115. The van der Waals surface area contributed by atoms with Gasteiger partial charge in [0.25, 0.3) is 0 Å². The number of methoxy groups -OCH3 is 1. The third-order valence-electron chi connectivity index (χ3n) is 5.10. The van der Waals surface area contributed by atoms with E-state index in [1.54, 1.807) is 7.11 Å². The highest BCUT2D eigenvalue weighted by molar-refractivity contribution is 5.96. The fourth-order valence-corrected chi connectivity index (χ4v) is 3.56. The van der Waals surface area contributed by atoms with Gasteiger partial charge in [-0.3, -0.25) is 4.79 Å². The van der Waals surface area contributed by atoms with Crippen LogP contribution in [-0.2, 0) is 0 Å². The summed E-state index contributed by atoms with van der Waals surface area (Å²) >= 11 is 0. The van der Waals surface area contributed by atoms with Crippen molar-refractivity contribution >= 4 is 22.2 Å². The number of carbonyl (C=O) groups is 1. The molecule has 0 aliphatic heterocycles. The van der Waals surface area contributed by atoms with Crippen LogP contribution < -0.4 is 10.1 Å². The highest BCUT2D eigenvalue weighted by atomic mass is 16.5. The number of hydrogen-bond acceptors (Lipinski definition) is 3. The van der Waals surface area contributed by atoms with Crippen LogP contribution in [0, 0.1) is 0 Å². The molecule has 0 aliphatic rings. The Labute approximate surface area is 171 Å². The molecule has 29 heavy (non-hydrogen) atoms. The van der Waals surface area contributed by atoms with Gasteiger partial charge in [0, 0.05) is 12.0 Å². The number of benzene rings is 4. The molecule has 0 heterocycles. The van der Waals surface area contributed by atoms with Gasteiger partial charge in [-0.2, -0.15) is 0 Å².